The number of hydrogen-bond donors (Lipinski definition) is 0. The quantitative estimate of drug-likeness (QED) is 0.777. The molecule has 1 aromatic rings. The molecule has 2 nitrogen and oxygen atoms in total. The van der Waals surface area contributed by atoms with E-state index < -0.39 is 9.84 Å². The Kier molecular flexibility index (Phi) is 3.81. The van der Waals surface area contributed by atoms with E-state index in [4.69, 9.17) is 0 Å². The van der Waals surface area contributed by atoms with E-state index >= 15 is 0 Å². The molecule has 0 unspecified atom stereocenters. The molecule has 0 radical (unpaired) electrons. The Labute approximate surface area is 105 Å². The van der Waals surface area contributed by atoms with E-state index in [2.05, 4.69) is 36.4 Å². The van der Waals surface area contributed by atoms with Gasteiger partial charge in [0.15, 0.2) is 9.84 Å². The molecule has 1 aromatic carbocycles. The maximum atomic E-state index is 11.5. The Balaban J connectivity index is 3.50. The minimum absolute atomic E-state index is 0.345. The lowest BCUT2D eigenvalue weighted by Crippen LogP contribution is -2.02. The van der Waals surface area contributed by atoms with Crippen molar-refractivity contribution < 1.29 is 8.42 Å². The number of hydrogen-bond acceptors (Lipinski definition) is 2. The minimum atomic E-state index is -3.10. The predicted molar refractivity (Wildman–Crippen MR) is 71.1 cm³/mol. The van der Waals surface area contributed by atoms with Gasteiger partial charge in [0.2, 0.25) is 0 Å². The summed E-state index contributed by atoms with van der Waals surface area (Å²) in [5.41, 5.74) is 2.14. The summed E-state index contributed by atoms with van der Waals surface area (Å²) in [7, 11) is -3.10. The highest BCUT2D eigenvalue weighted by Crippen LogP contribution is 2.27. The van der Waals surface area contributed by atoms with Gasteiger partial charge in [0.1, 0.15) is 0 Å². The highest BCUT2D eigenvalue weighted by Gasteiger charge is 2.14. The average Bonchev–Trinajstić information content (AvgIpc) is 2.06. The first kappa shape index (κ1) is 13.0. The highest BCUT2D eigenvalue weighted by atomic mass is 127. The van der Waals surface area contributed by atoms with E-state index in [1.165, 1.54) is 6.26 Å². The standard InChI is InChI=1S/C11H15IO2S/c1-7(2)10-6-9(15(4,13)14)5-8(3)11(10)12/h5-7H,1-4H3. The smallest absolute Gasteiger partial charge is 0.175 e. The number of rotatable bonds is 2. The van der Waals surface area contributed by atoms with Crippen molar-refractivity contribution in [2.24, 2.45) is 0 Å². The molecule has 0 amide bonds. The molecule has 0 aliphatic rings. The van der Waals surface area contributed by atoms with Gasteiger partial charge < -0.3 is 0 Å². The van der Waals surface area contributed by atoms with Crippen LogP contribution < -0.4 is 0 Å². The monoisotopic (exact) mass is 338 g/mol. The summed E-state index contributed by atoms with van der Waals surface area (Å²) in [6.45, 7) is 6.09. The third-order valence-electron chi connectivity index (χ3n) is 2.31. The van der Waals surface area contributed by atoms with Crippen LogP contribution in [0.4, 0.5) is 0 Å². The third-order valence-corrected chi connectivity index (χ3v) is 4.87. The van der Waals surface area contributed by atoms with Crippen molar-refractivity contribution in [3.05, 3.63) is 26.8 Å². The molecule has 0 spiro atoms. The normalized spacial score (nSPS) is 12.1. The first-order chi connectivity index (χ1) is 6.73. The Hall–Kier alpha value is -0.100. The molecule has 1 rings (SSSR count). The molecule has 84 valence electrons. The lowest BCUT2D eigenvalue weighted by atomic mass is 10.0. The molecule has 0 bridgehead atoms. The fraction of sp³-hybridized carbons (Fsp3) is 0.455. The number of halogens is 1. The zero-order valence-electron chi connectivity index (χ0n) is 9.33. The van der Waals surface area contributed by atoms with E-state index in [-0.39, 0.29) is 0 Å². The Morgan fingerprint density at radius 1 is 1.27 bits per heavy atom. The summed E-state index contributed by atoms with van der Waals surface area (Å²) in [5.74, 6) is 0.345. The second-order valence-electron chi connectivity index (χ2n) is 4.07. The van der Waals surface area contributed by atoms with Gasteiger partial charge in [-0.2, -0.15) is 0 Å². The van der Waals surface area contributed by atoms with E-state index in [0.717, 1.165) is 14.7 Å². The van der Waals surface area contributed by atoms with Crippen LogP contribution >= 0.6 is 22.6 Å². The minimum Gasteiger partial charge on any atom is -0.224 e. The molecule has 0 saturated heterocycles. The summed E-state index contributed by atoms with van der Waals surface area (Å²) in [6.07, 6.45) is 1.25. The maximum Gasteiger partial charge on any atom is 0.175 e. The van der Waals surface area contributed by atoms with Gasteiger partial charge in [0.05, 0.1) is 4.90 Å². The van der Waals surface area contributed by atoms with Gasteiger partial charge in [-0.25, -0.2) is 8.42 Å². The zero-order chi connectivity index (χ0) is 11.8. The Bertz CT molecular complexity index is 476. The number of benzene rings is 1. The molecule has 15 heavy (non-hydrogen) atoms. The van der Waals surface area contributed by atoms with Crippen LogP contribution in [0.25, 0.3) is 0 Å². The molecule has 0 saturated carbocycles. The zero-order valence-corrected chi connectivity index (χ0v) is 12.3. The highest BCUT2D eigenvalue weighted by molar-refractivity contribution is 14.1. The van der Waals surface area contributed by atoms with Gasteiger partial charge in [-0.1, -0.05) is 13.8 Å². The van der Waals surface area contributed by atoms with E-state index in [1.807, 2.05) is 6.92 Å². The van der Waals surface area contributed by atoms with Crippen LogP contribution in [-0.4, -0.2) is 14.7 Å². The maximum absolute atomic E-state index is 11.5. The van der Waals surface area contributed by atoms with E-state index in [1.54, 1.807) is 12.1 Å². The fourth-order valence-electron chi connectivity index (χ4n) is 1.40. The summed E-state index contributed by atoms with van der Waals surface area (Å²) >= 11 is 2.27. The van der Waals surface area contributed by atoms with E-state index in [9.17, 15) is 8.42 Å². The van der Waals surface area contributed by atoms with Crippen LogP contribution in [0, 0.1) is 10.5 Å². The van der Waals surface area contributed by atoms with E-state index in [0.29, 0.717) is 10.8 Å². The molecule has 0 fully saturated rings. The van der Waals surface area contributed by atoms with Crippen molar-refractivity contribution in [1.82, 2.24) is 0 Å². The molecular formula is C11H15IO2S. The Morgan fingerprint density at radius 3 is 2.20 bits per heavy atom. The van der Waals surface area contributed by atoms with Gasteiger partial charge >= 0.3 is 0 Å². The van der Waals surface area contributed by atoms with Crippen molar-refractivity contribution in [3.8, 4) is 0 Å². The number of sulfone groups is 1. The number of aryl methyl sites for hydroxylation is 1. The van der Waals surface area contributed by atoms with Crippen LogP contribution in [0.2, 0.25) is 0 Å². The molecule has 0 atom stereocenters. The second kappa shape index (κ2) is 4.41. The largest absolute Gasteiger partial charge is 0.224 e. The van der Waals surface area contributed by atoms with Gasteiger partial charge in [-0.15, -0.1) is 0 Å². The first-order valence-electron chi connectivity index (χ1n) is 4.73. The van der Waals surface area contributed by atoms with Crippen molar-refractivity contribution >= 4 is 32.4 Å². The van der Waals surface area contributed by atoms with Crippen molar-refractivity contribution in [1.29, 1.82) is 0 Å². The molecule has 0 aromatic heterocycles. The summed E-state index contributed by atoms with van der Waals surface area (Å²) in [6, 6.07) is 3.53. The van der Waals surface area contributed by atoms with Crippen molar-refractivity contribution in [3.63, 3.8) is 0 Å². The topological polar surface area (TPSA) is 34.1 Å². The average molecular weight is 338 g/mol. The third kappa shape index (κ3) is 2.93. The predicted octanol–water partition coefficient (Wildman–Crippen LogP) is 3.13. The molecule has 0 N–H and O–H groups in total. The summed E-state index contributed by atoms with van der Waals surface area (Å²) in [4.78, 5) is 0.420. The van der Waals surface area contributed by atoms with Crippen LogP contribution in [0.3, 0.4) is 0 Å². The lowest BCUT2D eigenvalue weighted by molar-refractivity contribution is 0.601. The van der Waals surface area contributed by atoms with Crippen LogP contribution in [0.1, 0.15) is 30.9 Å². The van der Waals surface area contributed by atoms with Gasteiger partial charge in [0.25, 0.3) is 0 Å². The van der Waals surface area contributed by atoms with Gasteiger partial charge in [-0.3, -0.25) is 0 Å². The summed E-state index contributed by atoms with van der Waals surface area (Å²) in [5, 5.41) is 0. The molecule has 0 heterocycles. The van der Waals surface area contributed by atoms with Crippen LogP contribution in [-0.2, 0) is 9.84 Å². The van der Waals surface area contributed by atoms with Crippen molar-refractivity contribution in [2.75, 3.05) is 6.26 Å². The molecular weight excluding hydrogens is 323 g/mol. The Morgan fingerprint density at radius 2 is 1.80 bits per heavy atom. The first-order valence-corrected chi connectivity index (χ1v) is 7.70. The van der Waals surface area contributed by atoms with Gasteiger partial charge in [-0.05, 0) is 58.7 Å². The van der Waals surface area contributed by atoms with Gasteiger partial charge in [0, 0.05) is 9.83 Å². The second-order valence-corrected chi connectivity index (χ2v) is 7.16. The SMILES string of the molecule is Cc1cc(S(C)(=O)=O)cc(C(C)C)c1I. The van der Waals surface area contributed by atoms with Crippen LogP contribution in [0.5, 0.6) is 0 Å². The molecule has 0 aliphatic heterocycles. The summed E-state index contributed by atoms with van der Waals surface area (Å²) < 4.78 is 24.1. The lowest BCUT2D eigenvalue weighted by Gasteiger charge is -2.12. The fourth-order valence-corrected chi connectivity index (χ4v) is 3.06. The van der Waals surface area contributed by atoms with Crippen molar-refractivity contribution in [2.45, 2.75) is 31.6 Å². The van der Waals surface area contributed by atoms with Crippen LogP contribution in [0.15, 0.2) is 17.0 Å². The molecule has 0 aliphatic carbocycles. The molecule has 4 heteroatoms.